The van der Waals surface area contributed by atoms with E-state index in [4.69, 9.17) is 4.74 Å². The molecule has 0 bridgehead atoms. The van der Waals surface area contributed by atoms with Crippen molar-refractivity contribution in [2.24, 2.45) is 0 Å². The first-order valence-corrected chi connectivity index (χ1v) is 12.8. The van der Waals surface area contributed by atoms with Crippen molar-refractivity contribution in [2.45, 2.75) is 24.7 Å². The van der Waals surface area contributed by atoms with Crippen molar-refractivity contribution in [2.75, 3.05) is 26.0 Å². The van der Waals surface area contributed by atoms with Crippen molar-refractivity contribution in [3.63, 3.8) is 0 Å². The number of carbonyl (C=O) groups excluding carboxylic acids is 1. The highest BCUT2D eigenvalue weighted by atomic mass is 32.2. The van der Waals surface area contributed by atoms with Crippen LogP contribution in [0.25, 0.3) is 28.1 Å². The van der Waals surface area contributed by atoms with Crippen LogP contribution in [0.3, 0.4) is 0 Å². The number of hydrogen-bond donors (Lipinski definition) is 0. The van der Waals surface area contributed by atoms with E-state index >= 15 is 0 Å². The Morgan fingerprint density at radius 2 is 1.85 bits per heavy atom. The minimum atomic E-state index is -1.21. The lowest BCUT2D eigenvalue weighted by Crippen LogP contribution is -2.27. The Hall–Kier alpha value is -3.59. The number of benzene rings is 1. The van der Waals surface area contributed by atoms with Gasteiger partial charge in [-0.15, -0.1) is 0 Å². The molecule has 4 heterocycles. The fraction of sp³-hybridized carbons (Fsp3) is 0.280. The summed E-state index contributed by atoms with van der Waals surface area (Å²) in [6.45, 7) is 4.07. The molecular weight excluding hydrogens is 450 g/mol. The molecule has 1 fully saturated rings. The molecule has 1 atom stereocenters. The predicted octanol–water partition coefficient (Wildman–Crippen LogP) is 3.85. The van der Waals surface area contributed by atoms with Crippen LogP contribution in [0.4, 0.5) is 0 Å². The van der Waals surface area contributed by atoms with Crippen LogP contribution in [0, 0.1) is 0 Å². The first kappa shape index (κ1) is 22.2. The van der Waals surface area contributed by atoms with Gasteiger partial charge in [-0.2, -0.15) is 0 Å². The Kier molecular flexibility index (Phi) is 6.10. The lowest BCUT2D eigenvalue weighted by molar-refractivity contribution is 0.0793. The molecule has 174 valence electrons. The van der Waals surface area contributed by atoms with Crippen molar-refractivity contribution < 1.29 is 13.7 Å². The largest absolute Gasteiger partial charge is 0.494 e. The van der Waals surface area contributed by atoms with Gasteiger partial charge in [-0.1, -0.05) is 6.07 Å². The predicted molar refractivity (Wildman–Crippen MR) is 131 cm³/mol. The molecule has 8 nitrogen and oxygen atoms in total. The van der Waals surface area contributed by atoms with Crippen LogP contribution in [0.1, 0.15) is 30.1 Å². The van der Waals surface area contributed by atoms with Crippen LogP contribution in [0.5, 0.6) is 5.75 Å². The average Bonchev–Trinajstić information content (AvgIpc) is 3.52. The topological polar surface area (TPSA) is 90.2 Å². The summed E-state index contributed by atoms with van der Waals surface area (Å²) in [6, 6.07) is 9.17. The lowest BCUT2D eigenvalue weighted by Gasteiger charge is -2.15. The van der Waals surface area contributed by atoms with E-state index in [-0.39, 0.29) is 5.91 Å². The summed E-state index contributed by atoms with van der Waals surface area (Å²) in [5.74, 6) is 1.18. The highest BCUT2D eigenvalue weighted by Gasteiger charge is 2.22. The molecule has 1 aliphatic heterocycles. The van der Waals surface area contributed by atoms with Crippen LogP contribution in [0.2, 0.25) is 0 Å². The zero-order valence-corrected chi connectivity index (χ0v) is 19.9. The monoisotopic (exact) mass is 475 g/mol. The minimum Gasteiger partial charge on any atom is -0.494 e. The standard InChI is InChI=1S/C25H25N5O3S/c1-3-33-19-8-9-26-21(13-19)18-14-27-25(28-15-18)30-16-23(34(2)32)20-7-6-17(12-22(20)30)24(31)29-10-4-5-11-29/h6-9,12-16H,3-5,10-11H2,1-2H3. The normalized spacial score (nSPS) is 14.5. The van der Waals surface area contributed by atoms with E-state index in [9.17, 15) is 9.00 Å². The second kappa shape index (κ2) is 9.34. The number of rotatable bonds is 6. The summed E-state index contributed by atoms with van der Waals surface area (Å²) in [7, 11) is -1.21. The number of amides is 1. The zero-order valence-electron chi connectivity index (χ0n) is 19.1. The third kappa shape index (κ3) is 4.19. The number of likely N-dealkylation sites (tertiary alicyclic amines) is 1. The van der Waals surface area contributed by atoms with E-state index in [1.54, 1.807) is 35.6 Å². The number of nitrogens with zero attached hydrogens (tertiary/aromatic N) is 5. The van der Waals surface area contributed by atoms with Crippen LogP contribution >= 0.6 is 0 Å². The molecule has 34 heavy (non-hydrogen) atoms. The van der Waals surface area contributed by atoms with Gasteiger partial charge in [-0.3, -0.25) is 18.6 Å². The van der Waals surface area contributed by atoms with Gasteiger partial charge in [0.05, 0.1) is 33.5 Å². The molecule has 0 radical (unpaired) electrons. The van der Waals surface area contributed by atoms with E-state index in [2.05, 4.69) is 15.0 Å². The summed E-state index contributed by atoms with van der Waals surface area (Å²) >= 11 is 0. The first-order valence-electron chi connectivity index (χ1n) is 11.2. The molecule has 1 aromatic carbocycles. The Morgan fingerprint density at radius 1 is 1.09 bits per heavy atom. The van der Waals surface area contributed by atoms with Crippen LogP contribution < -0.4 is 4.74 Å². The molecule has 0 saturated carbocycles. The summed E-state index contributed by atoms with van der Waals surface area (Å²) in [6.07, 6.45) is 10.6. The molecule has 1 amide bonds. The lowest BCUT2D eigenvalue weighted by atomic mass is 10.1. The van der Waals surface area contributed by atoms with Crippen molar-refractivity contribution in [3.8, 4) is 23.0 Å². The zero-order chi connectivity index (χ0) is 23.7. The maximum absolute atomic E-state index is 13.0. The highest BCUT2D eigenvalue weighted by Crippen LogP contribution is 2.28. The summed E-state index contributed by atoms with van der Waals surface area (Å²) in [4.78, 5) is 29.0. The van der Waals surface area contributed by atoms with Crippen LogP contribution in [-0.4, -0.2) is 60.5 Å². The molecule has 9 heteroatoms. The Labute approximate surface area is 200 Å². The quantitative estimate of drug-likeness (QED) is 0.421. The molecule has 0 N–H and O–H groups in total. The first-order chi connectivity index (χ1) is 16.5. The van der Waals surface area contributed by atoms with Gasteiger partial charge >= 0.3 is 0 Å². The maximum Gasteiger partial charge on any atom is 0.253 e. The smallest absolute Gasteiger partial charge is 0.253 e. The van der Waals surface area contributed by atoms with E-state index in [1.165, 1.54) is 0 Å². The third-order valence-electron chi connectivity index (χ3n) is 5.91. The Morgan fingerprint density at radius 3 is 2.56 bits per heavy atom. The number of ether oxygens (including phenoxy) is 1. The second-order valence-electron chi connectivity index (χ2n) is 8.13. The van der Waals surface area contributed by atoms with Crippen molar-refractivity contribution in [1.82, 2.24) is 24.4 Å². The van der Waals surface area contributed by atoms with Crippen LogP contribution in [0.15, 0.2) is 60.0 Å². The number of hydrogen-bond acceptors (Lipinski definition) is 6. The Bertz CT molecular complexity index is 1380. The van der Waals surface area contributed by atoms with Crippen molar-refractivity contribution in [3.05, 3.63) is 60.7 Å². The van der Waals surface area contributed by atoms with Crippen LogP contribution in [-0.2, 0) is 10.8 Å². The van der Waals surface area contributed by atoms with Gasteiger partial charge < -0.3 is 9.64 Å². The summed E-state index contributed by atoms with van der Waals surface area (Å²) in [5, 5.41) is 0.817. The molecule has 0 spiro atoms. The fourth-order valence-electron chi connectivity index (χ4n) is 4.23. The van der Waals surface area contributed by atoms with Crippen molar-refractivity contribution >= 4 is 27.6 Å². The van der Waals surface area contributed by atoms with E-state index in [0.717, 1.165) is 48.1 Å². The molecule has 1 aliphatic rings. The number of carbonyl (C=O) groups is 1. The van der Waals surface area contributed by atoms with E-state index < -0.39 is 10.8 Å². The SMILES string of the molecule is CCOc1ccnc(-c2cnc(-n3cc(S(C)=O)c4ccc(C(=O)N5CCCC5)cc43)nc2)c1. The highest BCUT2D eigenvalue weighted by molar-refractivity contribution is 7.84. The Balaban J connectivity index is 1.54. The van der Waals surface area contributed by atoms with Gasteiger partial charge in [-0.05, 0) is 38.0 Å². The van der Waals surface area contributed by atoms with Gasteiger partial charge in [0.15, 0.2) is 0 Å². The van der Waals surface area contributed by atoms with Gasteiger partial charge in [0.1, 0.15) is 5.75 Å². The summed E-state index contributed by atoms with van der Waals surface area (Å²) < 4.78 is 19.8. The summed E-state index contributed by atoms with van der Waals surface area (Å²) in [5.41, 5.74) is 2.82. The second-order valence-corrected chi connectivity index (χ2v) is 9.48. The molecule has 0 aliphatic carbocycles. The number of aromatic nitrogens is 4. The number of pyridine rings is 1. The average molecular weight is 476 g/mol. The maximum atomic E-state index is 13.0. The van der Waals surface area contributed by atoms with Gasteiger partial charge in [0, 0.05) is 66.7 Å². The van der Waals surface area contributed by atoms with E-state index in [0.29, 0.717) is 28.7 Å². The molecule has 1 saturated heterocycles. The molecule has 1 unspecified atom stereocenters. The van der Waals surface area contributed by atoms with Gasteiger partial charge in [-0.25, -0.2) is 9.97 Å². The minimum absolute atomic E-state index is 0.0165. The molecule has 4 aromatic rings. The third-order valence-corrected chi connectivity index (χ3v) is 6.86. The molecule has 5 rings (SSSR count). The number of fused-ring (bicyclic) bond motifs is 1. The van der Waals surface area contributed by atoms with Gasteiger partial charge in [0.25, 0.3) is 5.91 Å². The molecule has 3 aromatic heterocycles. The van der Waals surface area contributed by atoms with Gasteiger partial charge in [0.2, 0.25) is 5.95 Å². The van der Waals surface area contributed by atoms with Crippen molar-refractivity contribution in [1.29, 1.82) is 0 Å². The van der Waals surface area contributed by atoms with E-state index in [1.807, 2.05) is 42.2 Å². The fourth-order valence-corrected chi connectivity index (χ4v) is 4.97. The molecular formula is C25H25N5O3S.